The highest BCUT2D eigenvalue weighted by Crippen LogP contribution is 2.26. The average Bonchev–Trinajstić information content (AvgIpc) is 2.92. The molecule has 2 unspecified atom stereocenters. The van der Waals surface area contributed by atoms with E-state index in [9.17, 15) is 22.4 Å². The number of nitrogens with zero attached hydrogens (tertiary/aromatic N) is 2. The fourth-order valence-corrected chi connectivity index (χ4v) is 5.49. The van der Waals surface area contributed by atoms with Gasteiger partial charge in [-0.25, -0.2) is 12.8 Å². The van der Waals surface area contributed by atoms with Crippen molar-refractivity contribution in [2.24, 2.45) is 0 Å². The second-order valence-electron chi connectivity index (χ2n) is 9.07. The zero-order valence-corrected chi connectivity index (χ0v) is 24.1. The molecule has 0 radical (unpaired) electrons. The number of carbonyl (C=O) groups excluding carboxylic acids is 2. The van der Waals surface area contributed by atoms with Gasteiger partial charge in [0, 0.05) is 12.6 Å². The predicted octanol–water partition coefficient (Wildman–Crippen LogP) is 5.66. The minimum absolute atomic E-state index is 0.0343. The van der Waals surface area contributed by atoms with Crippen molar-refractivity contribution < 1.29 is 22.4 Å². The SMILES string of the molecule is CCC(C)NC(=O)C(C)N(Cc1ccc(Cl)c(Cl)c1)C(=O)CN(c1ccc(F)cc1)S(=O)(=O)c1ccccc1. The summed E-state index contributed by atoms with van der Waals surface area (Å²) in [5.74, 6) is -1.59. The Labute approximate surface area is 238 Å². The number of carbonyl (C=O) groups is 2. The zero-order chi connectivity index (χ0) is 28.7. The van der Waals surface area contributed by atoms with Crippen LogP contribution in [0.2, 0.25) is 10.0 Å². The van der Waals surface area contributed by atoms with E-state index < -0.39 is 40.2 Å². The lowest BCUT2D eigenvalue weighted by Crippen LogP contribution is -2.52. The number of hydrogen-bond acceptors (Lipinski definition) is 4. The molecule has 0 fully saturated rings. The maximum atomic E-state index is 13.8. The summed E-state index contributed by atoms with van der Waals surface area (Å²) in [6, 6.07) is 16.2. The van der Waals surface area contributed by atoms with Gasteiger partial charge in [-0.1, -0.05) is 54.4 Å². The molecule has 11 heteroatoms. The second-order valence-corrected chi connectivity index (χ2v) is 11.7. The molecule has 0 aromatic heterocycles. The highest BCUT2D eigenvalue weighted by molar-refractivity contribution is 7.92. The Morgan fingerprint density at radius 1 is 0.949 bits per heavy atom. The minimum Gasteiger partial charge on any atom is -0.352 e. The number of hydrogen-bond donors (Lipinski definition) is 1. The van der Waals surface area contributed by atoms with Crippen LogP contribution in [0, 0.1) is 5.82 Å². The number of amides is 2. The van der Waals surface area contributed by atoms with Gasteiger partial charge in [-0.05, 0) is 74.4 Å². The van der Waals surface area contributed by atoms with Crippen LogP contribution in [0.3, 0.4) is 0 Å². The molecule has 0 spiro atoms. The first-order chi connectivity index (χ1) is 18.4. The van der Waals surface area contributed by atoms with Gasteiger partial charge in [0.1, 0.15) is 18.4 Å². The first kappa shape index (κ1) is 30.4. The molecule has 0 bridgehead atoms. The van der Waals surface area contributed by atoms with Gasteiger partial charge in [0.2, 0.25) is 11.8 Å². The van der Waals surface area contributed by atoms with Crippen molar-refractivity contribution in [2.75, 3.05) is 10.8 Å². The van der Waals surface area contributed by atoms with E-state index in [1.807, 2.05) is 13.8 Å². The molecule has 0 aliphatic carbocycles. The third-order valence-electron chi connectivity index (χ3n) is 6.23. The molecule has 0 saturated carbocycles. The molecule has 2 amide bonds. The summed E-state index contributed by atoms with van der Waals surface area (Å²) in [6.07, 6.45) is 0.687. The molecule has 0 saturated heterocycles. The Bertz CT molecular complexity index is 1410. The maximum Gasteiger partial charge on any atom is 0.264 e. The Hall–Kier alpha value is -3.14. The number of rotatable bonds is 11. The quantitative estimate of drug-likeness (QED) is 0.311. The number of nitrogens with one attached hydrogen (secondary N) is 1. The lowest BCUT2D eigenvalue weighted by molar-refractivity contribution is -0.139. The summed E-state index contributed by atoms with van der Waals surface area (Å²) in [7, 11) is -4.23. The van der Waals surface area contributed by atoms with Crippen LogP contribution in [-0.4, -0.2) is 43.8 Å². The molecule has 3 aromatic carbocycles. The van der Waals surface area contributed by atoms with Gasteiger partial charge in [0.05, 0.1) is 20.6 Å². The summed E-state index contributed by atoms with van der Waals surface area (Å²) < 4.78 is 41.9. The van der Waals surface area contributed by atoms with Crippen molar-refractivity contribution in [3.8, 4) is 0 Å². The molecule has 1 N–H and O–H groups in total. The first-order valence-corrected chi connectivity index (χ1v) is 14.5. The molecular weight excluding hydrogens is 564 g/mol. The largest absolute Gasteiger partial charge is 0.352 e. The molecule has 3 aromatic rings. The van der Waals surface area contributed by atoms with Crippen molar-refractivity contribution >= 4 is 50.7 Å². The lowest BCUT2D eigenvalue weighted by Gasteiger charge is -2.32. The summed E-state index contributed by atoms with van der Waals surface area (Å²) in [5, 5.41) is 3.47. The van der Waals surface area contributed by atoms with E-state index in [4.69, 9.17) is 23.2 Å². The van der Waals surface area contributed by atoms with Gasteiger partial charge in [0.25, 0.3) is 10.0 Å². The van der Waals surface area contributed by atoms with E-state index in [1.54, 1.807) is 43.3 Å². The number of sulfonamides is 1. The van der Waals surface area contributed by atoms with E-state index in [0.717, 1.165) is 16.4 Å². The first-order valence-electron chi connectivity index (χ1n) is 12.3. The van der Waals surface area contributed by atoms with Crippen LogP contribution in [0.1, 0.15) is 32.8 Å². The molecule has 39 heavy (non-hydrogen) atoms. The topological polar surface area (TPSA) is 86.8 Å². The van der Waals surface area contributed by atoms with E-state index >= 15 is 0 Å². The summed E-state index contributed by atoms with van der Waals surface area (Å²) >= 11 is 12.2. The fourth-order valence-electron chi connectivity index (χ4n) is 3.74. The van der Waals surface area contributed by atoms with Crippen LogP contribution < -0.4 is 9.62 Å². The smallest absolute Gasteiger partial charge is 0.264 e. The van der Waals surface area contributed by atoms with E-state index in [-0.39, 0.29) is 28.2 Å². The van der Waals surface area contributed by atoms with E-state index in [1.165, 1.54) is 29.2 Å². The Morgan fingerprint density at radius 3 is 2.18 bits per heavy atom. The average molecular weight is 595 g/mol. The van der Waals surface area contributed by atoms with Crippen molar-refractivity contribution in [3.63, 3.8) is 0 Å². The van der Waals surface area contributed by atoms with Crippen LogP contribution >= 0.6 is 23.2 Å². The van der Waals surface area contributed by atoms with Gasteiger partial charge >= 0.3 is 0 Å². The highest BCUT2D eigenvalue weighted by Gasteiger charge is 2.32. The van der Waals surface area contributed by atoms with Crippen LogP contribution in [0.25, 0.3) is 0 Å². The summed E-state index contributed by atoms with van der Waals surface area (Å²) in [4.78, 5) is 28.1. The zero-order valence-electron chi connectivity index (χ0n) is 21.8. The maximum absolute atomic E-state index is 13.8. The second kappa shape index (κ2) is 13.3. The fraction of sp³-hybridized carbons (Fsp3) is 0.286. The van der Waals surface area contributed by atoms with Gasteiger partial charge in [-0.2, -0.15) is 0 Å². The van der Waals surface area contributed by atoms with Gasteiger partial charge in [-0.3, -0.25) is 13.9 Å². The van der Waals surface area contributed by atoms with Gasteiger partial charge < -0.3 is 10.2 Å². The summed E-state index contributed by atoms with van der Waals surface area (Å²) in [5.41, 5.74) is 0.694. The number of benzene rings is 3. The van der Waals surface area contributed by atoms with Crippen LogP contribution in [0.15, 0.2) is 77.7 Å². The number of halogens is 3. The Balaban J connectivity index is 2.02. The Morgan fingerprint density at radius 2 is 1.59 bits per heavy atom. The highest BCUT2D eigenvalue weighted by atomic mass is 35.5. The van der Waals surface area contributed by atoms with Crippen molar-refractivity contribution in [3.05, 3.63) is 94.2 Å². The van der Waals surface area contributed by atoms with Crippen LogP contribution in [0.4, 0.5) is 10.1 Å². The standard InChI is InChI=1S/C28H30Cl2FN3O4S/c1-4-19(2)32-28(36)20(3)33(17-21-10-15-25(29)26(30)16-21)27(35)18-34(23-13-11-22(31)12-14-23)39(37,38)24-8-6-5-7-9-24/h5-16,19-20H,4,17-18H2,1-3H3,(H,32,36). The minimum atomic E-state index is -4.23. The number of anilines is 1. The van der Waals surface area contributed by atoms with Crippen LogP contribution in [-0.2, 0) is 26.2 Å². The monoisotopic (exact) mass is 593 g/mol. The molecule has 208 valence electrons. The molecule has 0 aliphatic rings. The predicted molar refractivity (Wildman–Crippen MR) is 152 cm³/mol. The van der Waals surface area contributed by atoms with Gasteiger partial charge in [-0.15, -0.1) is 0 Å². The van der Waals surface area contributed by atoms with E-state index in [0.29, 0.717) is 17.0 Å². The van der Waals surface area contributed by atoms with Crippen molar-refractivity contribution in [2.45, 2.75) is 50.7 Å². The van der Waals surface area contributed by atoms with Crippen molar-refractivity contribution in [1.29, 1.82) is 0 Å². The molecule has 2 atom stereocenters. The third kappa shape index (κ3) is 7.71. The lowest BCUT2D eigenvalue weighted by atomic mass is 10.1. The van der Waals surface area contributed by atoms with E-state index in [2.05, 4.69) is 5.32 Å². The third-order valence-corrected chi connectivity index (χ3v) is 8.76. The molecule has 3 rings (SSSR count). The molecule has 0 aliphatic heterocycles. The molecule has 0 heterocycles. The van der Waals surface area contributed by atoms with Crippen LogP contribution in [0.5, 0.6) is 0 Å². The molecular formula is C28H30Cl2FN3O4S. The molecule has 7 nitrogen and oxygen atoms in total. The van der Waals surface area contributed by atoms with Crippen molar-refractivity contribution in [1.82, 2.24) is 10.2 Å². The normalized spacial score (nSPS) is 12.9. The Kier molecular flexibility index (Phi) is 10.4. The van der Waals surface area contributed by atoms with Gasteiger partial charge in [0.15, 0.2) is 0 Å². The summed E-state index contributed by atoms with van der Waals surface area (Å²) in [6.45, 7) is 4.67.